The number of halogens is 2. The number of alkyl halides is 2. The molecule has 1 N–H and O–H groups in total. The van der Waals surface area contributed by atoms with E-state index in [2.05, 4.69) is 15.0 Å². The first-order valence-electron chi connectivity index (χ1n) is 5.00. The lowest BCUT2D eigenvalue weighted by Gasteiger charge is -2.30. The first-order chi connectivity index (χ1) is 6.68. The van der Waals surface area contributed by atoms with Crippen LogP contribution in [0.5, 0.6) is 0 Å². The number of nitrogens with zero attached hydrogens (tertiary/aromatic N) is 1. The van der Waals surface area contributed by atoms with E-state index in [0.29, 0.717) is 0 Å². The van der Waals surface area contributed by atoms with E-state index in [9.17, 15) is 8.78 Å². The van der Waals surface area contributed by atoms with Crippen molar-refractivity contribution in [2.45, 2.75) is 26.5 Å². The summed E-state index contributed by atoms with van der Waals surface area (Å²) in [5.41, 5.74) is 0. The van der Waals surface area contributed by atoms with Crippen molar-refractivity contribution in [3.63, 3.8) is 0 Å². The summed E-state index contributed by atoms with van der Waals surface area (Å²) in [6.45, 7) is 4.01. The van der Waals surface area contributed by atoms with Gasteiger partial charge in [0.05, 0.1) is 6.61 Å². The summed E-state index contributed by atoms with van der Waals surface area (Å²) >= 11 is 0. The molecule has 1 saturated heterocycles. The van der Waals surface area contributed by atoms with Crippen LogP contribution >= 0.6 is 0 Å². The zero-order valence-corrected chi connectivity index (χ0v) is 9.09. The number of likely N-dealkylation sites (N-methyl/N-ethyl adjacent to an activating group) is 1. The van der Waals surface area contributed by atoms with Crippen molar-refractivity contribution in [2.24, 2.45) is 0 Å². The predicted octanol–water partition coefficient (Wildman–Crippen LogP) is 1.16. The van der Waals surface area contributed by atoms with Crippen LogP contribution in [0.25, 0.3) is 0 Å². The molecule has 1 aliphatic heterocycles. The van der Waals surface area contributed by atoms with E-state index in [1.54, 1.807) is 0 Å². The van der Waals surface area contributed by atoms with Crippen molar-refractivity contribution >= 4 is 0 Å². The molecule has 0 aromatic rings. The molecule has 1 aliphatic rings. The van der Waals surface area contributed by atoms with Crippen molar-refractivity contribution in [1.82, 2.24) is 10.2 Å². The maximum atomic E-state index is 11.6. The Morgan fingerprint density at radius 2 is 2.14 bits per heavy atom. The fraction of sp³-hybridized carbons (Fsp3) is 1.00. The highest BCUT2D eigenvalue weighted by Gasteiger charge is 2.17. The van der Waals surface area contributed by atoms with Crippen LogP contribution in [-0.4, -0.2) is 50.8 Å². The molecule has 1 atom stereocenters. The summed E-state index contributed by atoms with van der Waals surface area (Å²) in [6, 6.07) is 0.0396. The summed E-state index contributed by atoms with van der Waals surface area (Å²) in [7, 11) is 1.97. The molecular formula is C9H20F2N2O. The Labute approximate surface area is 84.4 Å². The SMILES string of the molecule is CC.CN1CCNC(COC(F)F)C1. The molecule has 14 heavy (non-hydrogen) atoms. The lowest BCUT2D eigenvalue weighted by molar-refractivity contribution is -0.135. The largest absolute Gasteiger partial charge is 0.345 e. The quantitative estimate of drug-likeness (QED) is 0.756. The maximum absolute atomic E-state index is 11.6. The van der Waals surface area contributed by atoms with E-state index < -0.39 is 6.61 Å². The third-order valence-corrected chi connectivity index (χ3v) is 1.88. The van der Waals surface area contributed by atoms with Crippen molar-refractivity contribution in [3.8, 4) is 0 Å². The highest BCUT2D eigenvalue weighted by atomic mass is 19.3. The molecular weight excluding hydrogens is 190 g/mol. The van der Waals surface area contributed by atoms with Crippen LogP contribution < -0.4 is 5.32 Å². The summed E-state index contributed by atoms with van der Waals surface area (Å²) in [4.78, 5) is 2.09. The lowest BCUT2D eigenvalue weighted by atomic mass is 10.2. The van der Waals surface area contributed by atoms with E-state index in [0.717, 1.165) is 19.6 Å². The molecule has 0 aromatic heterocycles. The fourth-order valence-electron chi connectivity index (χ4n) is 1.29. The molecule has 0 aromatic carbocycles. The second kappa shape index (κ2) is 8.08. The zero-order chi connectivity index (χ0) is 11.0. The Morgan fingerprint density at radius 1 is 1.50 bits per heavy atom. The van der Waals surface area contributed by atoms with Crippen LogP contribution in [0.4, 0.5) is 8.78 Å². The molecule has 0 amide bonds. The van der Waals surface area contributed by atoms with Gasteiger partial charge in [-0.15, -0.1) is 0 Å². The van der Waals surface area contributed by atoms with Crippen LogP contribution in [0.1, 0.15) is 13.8 Å². The third kappa shape index (κ3) is 6.23. The van der Waals surface area contributed by atoms with Gasteiger partial charge in [0.15, 0.2) is 0 Å². The molecule has 1 unspecified atom stereocenters. The first-order valence-corrected chi connectivity index (χ1v) is 5.00. The number of hydrogen-bond acceptors (Lipinski definition) is 3. The third-order valence-electron chi connectivity index (χ3n) is 1.88. The number of piperazine rings is 1. The smallest absolute Gasteiger partial charge is 0.321 e. The van der Waals surface area contributed by atoms with Crippen LogP contribution in [0, 0.1) is 0 Å². The summed E-state index contributed by atoms with van der Waals surface area (Å²) in [5, 5.41) is 3.10. The van der Waals surface area contributed by atoms with Gasteiger partial charge in [0.25, 0.3) is 0 Å². The Kier molecular flexibility index (Phi) is 7.93. The van der Waals surface area contributed by atoms with Crippen LogP contribution in [0.3, 0.4) is 0 Å². The van der Waals surface area contributed by atoms with E-state index in [1.165, 1.54) is 0 Å². The molecule has 0 bridgehead atoms. The lowest BCUT2D eigenvalue weighted by Crippen LogP contribution is -2.51. The normalized spacial score (nSPS) is 23.1. The first kappa shape index (κ1) is 13.7. The van der Waals surface area contributed by atoms with Gasteiger partial charge in [-0.2, -0.15) is 8.78 Å². The molecule has 0 saturated carbocycles. The Morgan fingerprint density at radius 3 is 2.64 bits per heavy atom. The predicted molar refractivity (Wildman–Crippen MR) is 52.6 cm³/mol. The molecule has 0 aliphatic carbocycles. The second-order valence-corrected chi connectivity index (χ2v) is 3.01. The van der Waals surface area contributed by atoms with Crippen molar-refractivity contribution in [1.29, 1.82) is 0 Å². The van der Waals surface area contributed by atoms with Gasteiger partial charge in [0.1, 0.15) is 0 Å². The molecule has 0 spiro atoms. The average Bonchev–Trinajstić information content (AvgIpc) is 2.18. The van der Waals surface area contributed by atoms with Gasteiger partial charge in [-0.3, -0.25) is 0 Å². The van der Waals surface area contributed by atoms with Gasteiger partial charge in [0.2, 0.25) is 0 Å². The highest BCUT2D eigenvalue weighted by molar-refractivity contribution is 4.75. The molecule has 1 fully saturated rings. The van der Waals surface area contributed by atoms with Gasteiger partial charge in [-0.1, -0.05) is 13.8 Å². The van der Waals surface area contributed by atoms with Crippen molar-refractivity contribution < 1.29 is 13.5 Å². The van der Waals surface area contributed by atoms with Crippen LogP contribution in [0.2, 0.25) is 0 Å². The minimum Gasteiger partial charge on any atom is -0.321 e. The molecule has 1 rings (SSSR count). The van der Waals surface area contributed by atoms with Crippen molar-refractivity contribution in [2.75, 3.05) is 33.3 Å². The Bertz CT molecular complexity index is 136. The number of nitrogens with one attached hydrogen (secondary N) is 1. The van der Waals surface area contributed by atoms with Gasteiger partial charge in [-0.25, -0.2) is 0 Å². The molecule has 86 valence electrons. The fourth-order valence-corrected chi connectivity index (χ4v) is 1.29. The van der Waals surface area contributed by atoms with E-state index in [4.69, 9.17) is 0 Å². The van der Waals surface area contributed by atoms with Gasteiger partial charge in [-0.05, 0) is 7.05 Å². The molecule has 0 radical (unpaired) electrons. The van der Waals surface area contributed by atoms with E-state index in [-0.39, 0.29) is 12.6 Å². The summed E-state index contributed by atoms with van der Waals surface area (Å²) in [5.74, 6) is 0. The van der Waals surface area contributed by atoms with Gasteiger partial charge in [0, 0.05) is 25.7 Å². The monoisotopic (exact) mass is 210 g/mol. The topological polar surface area (TPSA) is 24.5 Å². The average molecular weight is 210 g/mol. The standard InChI is InChI=1S/C7H14F2N2O.C2H6/c1-11-3-2-10-6(4-11)5-12-7(8)9;1-2/h6-7,10H,2-5H2,1H3;1-2H3. The highest BCUT2D eigenvalue weighted by Crippen LogP contribution is 2.00. The molecule has 1 heterocycles. The zero-order valence-electron chi connectivity index (χ0n) is 9.09. The van der Waals surface area contributed by atoms with Crippen LogP contribution in [0.15, 0.2) is 0 Å². The Hall–Kier alpha value is -0.260. The minimum absolute atomic E-state index is 0.0396. The van der Waals surface area contributed by atoms with Gasteiger partial charge >= 0.3 is 6.61 Å². The van der Waals surface area contributed by atoms with E-state index in [1.807, 2.05) is 20.9 Å². The minimum atomic E-state index is -2.65. The molecule has 3 nitrogen and oxygen atoms in total. The Balaban J connectivity index is 0.000000791. The summed E-state index contributed by atoms with van der Waals surface area (Å²) < 4.78 is 27.5. The summed E-state index contributed by atoms with van der Waals surface area (Å²) in [6.07, 6.45) is 0. The van der Waals surface area contributed by atoms with E-state index >= 15 is 0 Å². The second-order valence-electron chi connectivity index (χ2n) is 3.01. The van der Waals surface area contributed by atoms with Crippen molar-refractivity contribution in [3.05, 3.63) is 0 Å². The maximum Gasteiger partial charge on any atom is 0.345 e. The van der Waals surface area contributed by atoms with Crippen LogP contribution in [-0.2, 0) is 4.74 Å². The number of hydrogen-bond donors (Lipinski definition) is 1. The number of ether oxygens (including phenoxy) is 1. The molecule has 5 heteroatoms. The number of rotatable bonds is 3. The van der Waals surface area contributed by atoms with Gasteiger partial charge < -0.3 is 15.0 Å².